The Kier molecular flexibility index (Phi) is 7.43. The molecule has 0 bridgehead atoms. The van der Waals surface area contributed by atoms with Crippen LogP contribution >= 0.6 is 0 Å². The Hall–Kier alpha value is -7.17. The number of hydrogen-bond acceptors (Lipinski definition) is 4. The maximum absolute atomic E-state index is 6.55. The summed E-state index contributed by atoms with van der Waals surface area (Å²) in [7, 11) is 0. The normalized spacial score (nSPS) is 11.4. The van der Waals surface area contributed by atoms with Crippen LogP contribution in [0, 0.1) is 0 Å². The van der Waals surface area contributed by atoms with Crippen molar-refractivity contribution in [2.75, 3.05) is 0 Å². The highest BCUT2D eigenvalue weighted by molar-refractivity contribution is 6.13. The van der Waals surface area contributed by atoms with Crippen LogP contribution < -0.4 is 0 Å². The number of aromatic nitrogens is 3. The average molecular weight is 678 g/mol. The minimum absolute atomic E-state index is 0.588. The zero-order valence-corrected chi connectivity index (χ0v) is 28.6. The third kappa shape index (κ3) is 5.73. The molecule has 53 heavy (non-hydrogen) atoms. The molecule has 2 heterocycles. The highest BCUT2D eigenvalue weighted by atomic mass is 16.3. The van der Waals surface area contributed by atoms with Gasteiger partial charge in [-0.3, -0.25) is 0 Å². The van der Waals surface area contributed by atoms with Crippen LogP contribution in [0.2, 0.25) is 0 Å². The molecule has 0 spiro atoms. The first-order valence-corrected chi connectivity index (χ1v) is 17.8. The molecule has 10 aromatic rings. The van der Waals surface area contributed by atoms with Crippen LogP contribution in [0.1, 0.15) is 0 Å². The fourth-order valence-electron chi connectivity index (χ4n) is 7.25. The van der Waals surface area contributed by atoms with E-state index in [0.717, 1.165) is 60.5 Å². The maximum Gasteiger partial charge on any atom is 0.164 e. The van der Waals surface area contributed by atoms with E-state index in [1.165, 1.54) is 22.3 Å². The van der Waals surface area contributed by atoms with Gasteiger partial charge in [-0.15, -0.1) is 0 Å². The highest BCUT2D eigenvalue weighted by Crippen LogP contribution is 2.39. The first-order valence-electron chi connectivity index (χ1n) is 17.8. The van der Waals surface area contributed by atoms with Crippen LogP contribution in [0.4, 0.5) is 0 Å². The number of benzene rings is 8. The second kappa shape index (κ2) is 12.9. The molecule has 4 nitrogen and oxygen atoms in total. The van der Waals surface area contributed by atoms with Gasteiger partial charge in [0, 0.05) is 27.5 Å². The number of nitrogens with zero attached hydrogens (tertiary/aromatic N) is 3. The fourth-order valence-corrected chi connectivity index (χ4v) is 7.25. The van der Waals surface area contributed by atoms with Crippen LogP contribution in [0.3, 0.4) is 0 Å². The van der Waals surface area contributed by atoms with Crippen LogP contribution in [-0.4, -0.2) is 15.0 Å². The summed E-state index contributed by atoms with van der Waals surface area (Å²) in [6, 6.07) is 65.3. The van der Waals surface area contributed by atoms with Crippen LogP contribution in [0.15, 0.2) is 192 Å². The second-order valence-corrected chi connectivity index (χ2v) is 13.3. The van der Waals surface area contributed by atoms with Gasteiger partial charge in [0.15, 0.2) is 17.5 Å². The quantitative estimate of drug-likeness (QED) is 0.176. The third-order valence-electron chi connectivity index (χ3n) is 9.91. The molecule has 0 amide bonds. The molecule has 0 atom stereocenters. The first kappa shape index (κ1) is 30.6. The third-order valence-corrected chi connectivity index (χ3v) is 9.91. The van der Waals surface area contributed by atoms with Gasteiger partial charge < -0.3 is 4.42 Å². The molecule has 10 rings (SSSR count). The molecule has 2 aromatic heterocycles. The van der Waals surface area contributed by atoms with Crippen molar-refractivity contribution in [2.24, 2.45) is 0 Å². The lowest BCUT2D eigenvalue weighted by Gasteiger charge is -2.10. The van der Waals surface area contributed by atoms with Crippen molar-refractivity contribution in [3.63, 3.8) is 0 Å². The largest absolute Gasteiger partial charge is 0.456 e. The summed E-state index contributed by atoms with van der Waals surface area (Å²) in [4.78, 5) is 15.1. The van der Waals surface area contributed by atoms with Crippen molar-refractivity contribution in [2.45, 2.75) is 0 Å². The number of furan rings is 1. The van der Waals surface area contributed by atoms with Gasteiger partial charge in [0.05, 0.1) is 0 Å². The standard InChI is InChI=1S/C49H31N3O/c1-4-12-32(13-5-1)36-18-10-19-38(28-36)42-20-11-21-44-46(42)43-27-26-40(31-45(43)53-44)49-51-47(35-16-8-3-9-17-35)50-48(52-49)39-25-23-34-22-24-37(29-41(34)30-39)33-14-6-2-7-15-33/h1-31H. The summed E-state index contributed by atoms with van der Waals surface area (Å²) in [5.41, 5.74) is 11.3. The molecular weight excluding hydrogens is 647 g/mol. The monoisotopic (exact) mass is 677 g/mol. The molecule has 0 radical (unpaired) electrons. The molecule has 0 aliphatic heterocycles. The molecule has 0 saturated carbocycles. The van der Waals surface area contributed by atoms with Crippen molar-refractivity contribution in [1.82, 2.24) is 15.0 Å². The molecule has 0 aliphatic carbocycles. The van der Waals surface area contributed by atoms with Crippen LogP contribution in [0.5, 0.6) is 0 Å². The smallest absolute Gasteiger partial charge is 0.164 e. The lowest BCUT2D eigenvalue weighted by Crippen LogP contribution is -2.00. The van der Waals surface area contributed by atoms with Gasteiger partial charge in [0.2, 0.25) is 0 Å². The Morgan fingerprint density at radius 3 is 1.51 bits per heavy atom. The second-order valence-electron chi connectivity index (χ2n) is 13.3. The highest BCUT2D eigenvalue weighted by Gasteiger charge is 2.17. The van der Waals surface area contributed by atoms with E-state index in [0.29, 0.717) is 17.5 Å². The molecule has 0 aliphatic rings. The summed E-state index contributed by atoms with van der Waals surface area (Å²) in [5.74, 6) is 1.82. The minimum Gasteiger partial charge on any atom is -0.456 e. The van der Waals surface area contributed by atoms with E-state index in [1.54, 1.807) is 0 Å². The Labute approximate surface area is 306 Å². The Bertz CT molecular complexity index is 2940. The van der Waals surface area contributed by atoms with E-state index >= 15 is 0 Å². The summed E-state index contributed by atoms with van der Waals surface area (Å²) in [5, 5.41) is 4.42. The van der Waals surface area contributed by atoms with E-state index in [2.05, 4.69) is 140 Å². The zero-order chi connectivity index (χ0) is 35.1. The number of fused-ring (bicyclic) bond motifs is 4. The van der Waals surface area contributed by atoms with Crippen molar-refractivity contribution in [1.29, 1.82) is 0 Å². The van der Waals surface area contributed by atoms with Crippen LogP contribution in [0.25, 0.3) is 100 Å². The van der Waals surface area contributed by atoms with Gasteiger partial charge in [-0.05, 0) is 80.6 Å². The predicted octanol–water partition coefficient (Wildman–Crippen LogP) is 12.9. The maximum atomic E-state index is 6.55. The Morgan fingerprint density at radius 2 is 0.811 bits per heavy atom. The van der Waals surface area contributed by atoms with Crippen molar-refractivity contribution < 1.29 is 4.42 Å². The van der Waals surface area contributed by atoms with E-state index in [-0.39, 0.29) is 0 Å². The average Bonchev–Trinajstić information content (AvgIpc) is 3.62. The van der Waals surface area contributed by atoms with E-state index in [4.69, 9.17) is 19.4 Å². The molecular formula is C49H31N3O. The number of rotatable bonds is 6. The zero-order valence-electron chi connectivity index (χ0n) is 28.6. The number of hydrogen-bond donors (Lipinski definition) is 0. The molecule has 4 heteroatoms. The lowest BCUT2D eigenvalue weighted by molar-refractivity contribution is 0.669. The van der Waals surface area contributed by atoms with Gasteiger partial charge in [-0.1, -0.05) is 152 Å². The molecule has 248 valence electrons. The predicted molar refractivity (Wildman–Crippen MR) is 217 cm³/mol. The summed E-state index contributed by atoms with van der Waals surface area (Å²) in [6.45, 7) is 0. The Balaban J connectivity index is 1.09. The van der Waals surface area contributed by atoms with Crippen molar-refractivity contribution >= 4 is 32.7 Å². The lowest BCUT2D eigenvalue weighted by atomic mass is 9.96. The van der Waals surface area contributed by atoms with E-state index < -0.39 is 0 Å². The summed E-state index contributed by atoms with van der Waals surface area (Å²) in [6.07, 6.45) is 0. The van der Waals surface area contributed by atoms with Gasteiger partial charge >= 0.3 is 0 Å². The van der Waals surface area contributed by atoms with Crippen molar-refractivity contribution in [3.05, 3.63) is 188 Å². The topological polar surface area (TPSA) is 51.8 Å². The SMILES string of the molecule is c1ccc(-c2cccc(-c3cccc4oc5cc(-c6nc(-c7ccccc7)nc(-c7ccc8ccc(-c9ccccc9)cc8c7)n6)ccc5c34)c2)cc1. The van der Waals surface area contributed by atoms with E-state index in [9.17, 15) is 0 Å². The fraction of sp³-hybridized carbons (Fsp3) is 0. The van der Waals surface area contributed by atoms with Gasteiger partial charge in [0.25, 0.3) is 0 Å². The van der Waals surface area contributed by atoms with Gasteiger partial charge in [0.1, 0.15) is 11.2 Å². The van der Waals surface area contributed by atoms with E-state index in [1.807, 2.05) is 48.5 Å². The molecule has 8 aromatic carbocycles. The molecule has 0 saturated heterocycles. The first-order chi connectivity index (χ1) is 26.2. The molecule has 0 N–H and O–H groups in total. The Morgan fingerprint density at radius 1 is 0.302 bits per heavy atom. The van der Waals surface area contributed by atoms with Gasteiger partial charge in [-0.25, -0.2) is 15.0 Å². The minimum atomic E-state index is 0.588. The molecule has 0 unspecified atom stereocenters. The molecule has 0 fully saturated rings. The van der Waals surface area contributed by atoms with Crippen molar-refractivity contribution in [3.8, 4) is 67.5 Å². The van der Waals surface area contributed by atoms with Gasteiger partial charge in [-0.2, -0.15) is 0 Å². The summed E-state index contributed by atoms with van der Waals surface area (Å²) < 4.78 is 6.55. The van der Waals surface area contributed by atoms with Crippen LogP contribution in [-0.2, 0) is 0 Å². The summed E-state index contributed by atoms with van der Waals surface area (Å²) >= 11 is 0.